The monoisotopic (exact) mass is 349 g/mol. The van der Waals surface area contributed by atoms with E-state index in [2.05, 4.69) is 56.7 Å². The summed E-state index contributed by atoms with van der Waals surface area (Å²) in [6.45, 7) is 0.753. The summed E-state index contributed by atoms with van der Waals surface area (Å²) in [4.78, 5) is 7.49. The molecule has 0 aliphatic carbocycles. The van der Waals surface area contributed by atoms with Gasteiger partial charge in [0.1, 0.15) is 0 Å². The van der Waals surface area contributed by atoms with Crippen molar-refractivity contribution in [1.82, 2.24) is 14.6 Å². The van der Waals surface area contributed by atoms with Crippen molar-refractivity contribution in [2.45, 2.75) is 6.54 Å². The van der Waals surface area contributed by atoms with E-state index in [1.807, 2.05) is 43.0 Å². The summed E-state index contributed by atoms with van der Waals surface area (Å²) in [6, 6.07) is 18.7. The Kier molecular flexibility index (Phi) is 4.11. The van der Waals surface area contributed by atoms with Crippen LogP contribution in [0.2, 0.25) is 0 Å². The van der Waals surface area contributed by atoms with Crippen LogP contribution in [-0.2, 0) is 6.54 Å². The normalized spacial score (nSPS) is 11.0. The zero-order valence-corrected chi connectivity index (χ0v) is 15.0. The van der Waals surface area contributed by atoms with Gasteiger partial charge in [0.15, 0.2) is 0 Å². The molecule has 2 aromatic heterocycles. The molecule has 4 aromatic rings. The summed E-state index contributed by atoms with van der Waals surface area (Å²) in [6.07, 6.45) is 1.88. The molecule has 6 heteroatoms. The number of fused-ring (bicyclic) bond motifs is 1. The summed E-state index contributed by atoms with van der Waals surface area (Å²) < 4.78 is 1.91. The van der Waals surface area contributed by atoms with E-state index in [1.54, 1.807) is 11.3 Å². The van der Waals surface area contributed by atoms with E-state index in [4.69, 9.17) is 0 Å². The molecule has 0 aliphatic rings. The van der Waals surface area contributed by atoms with E-state index < -0.39 is 0 Å². The molecule has 0 aliphatic heterocycles. The molecule has 0 radical (unpaired) electrons. The van der Waals surface area contributed by atoms with E-state index in [1.165, 1.54) is 5.56 Å². The number of benzene rings is 2. The van der Waals surface area contributed by atoms with E-state index >= 15 is 0 Å². The molecule has 0 atom stereocenters. The zero-order valence-electron chi connectivity index (χ0n) is 14.2. The highest BCUT2D eigenvalue weighted by atomic mass is 32.1. The third-order valence-corrected chi connectivity index (χ3v) is 4.91. The average Bonchev–Trinajstić information content (AvgIpc) is 3.21. The summed E-state index contributed by atoms with van der Waals surface area (Å²) in [5.74, 6) is 0. The second kappa shape index (κ2) is 6.57. The van der Waals surface area contributed by atoms with Gasteiger partial charge in [-0.15, -0.1) is 5.10 Å². The number of anilines is 2. The standard InChI is InChI=1S/C19H19N5S/c1-23(2)16-10-6-9-15(11-16)17-13-21-19-24(17)22-18(25-19)20-12-14-7-4-3-5-8-14/h3-11,13H,12H2,1-2H3,(H,20,22). The van der Waals surface area contributed by atoms with Crippen molar-refractivity contribution >= 4 is 27.1 Å². The van der Waals surface area contributed by atoms with Crippen LogP contribution < -0.4 is 10.2 Å². The first-order valence-corrected chi connectivity index (χ1v) is 8.92. The first kappa shape index (κ1) is 15.7. The van der Waals surface area contributed by atoms with Gasteiger partial charge in [-0.1, -0.05) is 53.8 Å². The molecule has 0 fully saturated rings. The molecule has 0 unspecified atom stereocenters. The lowest BCUT2D eigenvalue weighted by Crippen LogP contribution is -2.08. The third-order valence-electron chi connectivity index (χ3n) is 4.03. The quantitative estimate of drug-likeness (QED) is 0.588. The molecule has 0 bridgehead atoms. The lowest BCUT2D eigenvalue weighted by Gasteiger charge is -2.13. The van der Waals surface area contributed by atoms with Gasteiger partial charge in [-0.2, -0.15) is 0 Å². The highest BCUT2D eigenvalue weighted by molar-refractivity contribution is 7.20. The smallest absolute Gasteiger partial charge is 0.214 e. The Bertz CT molecular complexity index is 987. The molecule has 0 saturated heterocycles. The molecule has 0 saturated carbocycles. The molecule has 0 amide bonds. The number of nitrogens with zero attached hydrogens (tertiary/aromatic N) is 4. The van der Waals surface area contributed by atoms with Gasteiger partial charge < -0.3 is 10.2 Å². The minimum atomic E-state index is 0.753. The summed E-state index contributed by atoms with van der Waals surface area (Å²) in [5.41, 5.74) is 4.50. The Morgan fingerprint density at radius 3 is 2.72 bits per heavy atom. The van der Waals surface area contributed by atoms with Crippen LogP contribution >= 0.6 is 11.3 Å². The molecule has 2 heterocycles. The van der Waals surface area contributed by atoms with E-state index in [-0.39, 0.29) is 0 Å². The first-order chi connectivity index (χ1) is 12.2. The van der Waals surface area contributed by atoms with Gasteiger partial charge in [0.2, 0.25) is 10.1 Å². The van der Waals surface area contributed by atoms with Crippen LogP contribution in [0.15, 0.2) is 60.8 Å². The Labute approximate surface area is 150 Å². The van der Waals surface area contributed by atoms with E-state index in [0.29, 0.717) is 0 Å². The summed E-state index contributed by atoms with van der Waals surface area (Å²) >= 11 is 1.56. The molecule has 25 heavy (non-hydrogen) atoms. The minimum absolute atomic E-state index is 0.753. The summed E-state index contributed by atoms with van der Waals surface area (Å²) in [7, 11) is 4.08. The molecule has 2 aromatic carbocycles. The second-order valence-corrected chi connectivity index (χ2v) is 6.98. The highest BCUT2D eigenvalue weighted by Crippen LogP contribution is 2.28. The predicted molar refractivity (Wildman–Crippen MR) is 104 cm³/mol. The second-order valence-electron chi connectivity index (χ2n) is 6.03. The number of rotatable bonds is 5. The van der Waals surface area contributed by atoms with Crippen molar-refractivity contribution in [3.8, 4) is 11.3 Å². The number of imidazole rings is 1. The molecule has 126 valence electrons. The van der Waals surface area contributed by atoms with Crippen molar-refractivity contribution in [2.24, 2.45) is 0 Å². The van der Waals surface area contributed by atoms with Crippen LogP contribution in [0.3, 0.4) is 0 Å². The Morgan fingerprint density at radius 2 is 1.92 bits per heavy atom. The maximum atomic E-state index is 4.69. The maximum absolute atomic E-state index is 4.69. The molecule has 1 N–H and O–H groups in total. The fourth-order valence-corrected chi connectivity index (χ4v) is 3.45. The molecular weight excluding hydrogens is 330 g/mol. The van der Waals surface area contributed by atoms with Gasteiger partial charge >= 0.3 is 0 Å². The van der Waals surface area contributed by atoms with Gasteiger partial charge in [-0.3, -0.25) is 0 Å². The van der Waals surface area contributed by atoms with Crippen LogP contribution in [-0.4, -0.2) is 28.7 Å². The predicted octanol–water partition coefficient (Wildman–Crippen LogP) is 4.14. The fraction of sp³-hybridized carbons (Fsp3) is 0.158. The minimum Gasteiger partial charge on any atom is -0.378 e. The molecule has 0 spiro atoms. The lowest BCUT2D eigenvalue weighted by atomic mass is 10.1. The van der Waals surface area contributed by atoms with Crippen molar-refractivity contribution < 1.29 is 0 Å². The van der Waals surface area contributed by atoms with Crippen molar-refractivity contribution in [3.63, 3.8) is 0 Å². The molecular formula is C19H19N5S. The van der Waals surface area contributed by atoms with Gasteiger partial charge in [0.25, 0.3) is 0 Å². The van der Waals surface area contributed by atoms with E-state index in [0.717, 1.165) is 33.6 Å². The van der Waals surface area contributed by atoms with Gasteiger partial charge in [0, 0.05) is 31.9 Å². The summed E-state index contributed by atoms with van der Waals surface area (Å²) in [5, 5.41) is 8.94. The largest absolute Gasteiger partial charge is 0.378 e. The maximum Gasteiger partial charge on any atom is 0.214 e. The molecule has 5 nitrogen and oxygen atoms in total. The number of aromatic nitrogens is 3. The van der Waals surface area contributed by atoms with Crippen molar-refractivity contribution in [2.75, 3.05) is 24.3 Å². The van der Waals surface area contributed by atoms with Gasteiger partial charge in [0.05, 0.1) is 11.9 Å². The molecule has 4 rings (SSSR count). The topological polar surface area (TPSA) is 45.5 Å². The van der Waals surface area contributed by atoms with Crippen LogP contribution in [0.1, 0.15) is 5.56 Å². The number of nitrogens with one attached hydrogen (secondary N) is 1. The third kappa shape index (κ3) is 3.21. The van der Waals surface area contributed by atoms with Gasteiger partial charge in [-0.25, -0.2) is 9.50 Å². The van der Waals surface area contributed by atoms with Gasteiger partial charge in [-0.05, 0) is 17.7 Å². The van der Waals surface area contributed by atoms with E-state index in [9.17, 15) is 0 Å². The highest BCUT2D eigenvalue weighted by Gasteiger charge is 2.12. The number of hydrogen-bond acceptors (Lipinski definition) is 5. The van der Waals surface area contributed by atoms with Crippen LogP contribution in [0.5, 0.6) is 0 Å². The Hall–Kier alpha value is -2.86. The Morgan fingerprint density at radius 1 is 1.08 bits per heavy atom. The lowest BCUT2D eigenvalue weighted by molar-refractivity contribution is 0.968. The van der Waals surface area contributed by atoms with Crippen LogP contribution in [0.4, 0.5) is 10.8 Å². The zero-order chi connectivity index (χ0) is 17.2. The van der Waals surface area contributed by atoms with Crippen molar-refractivity contribution in [3.05, 3.63) is 66.4 Å². The fourth-order valence-electron chi connectivity index (χ4n) is 2.68. The Balaban J connectivity index is 1.61. The SMILES string of the molecule is CN(C)c1cccc(-c2cnc3sc(NCc4ccccc4)nn23)c1. The first-order valence-electron chi connectivity index (χ1n) is 8.11. The van der Waals surface area contributed by atoms with Crippen molar-refractivity contribution in [1.29, 1.82) is 0 Å². The number of hydrogen-bond donors (Lipinski definition) is 1. The van der Waals surface area contributed by atoms with Crippen LogP contribution in [0.25, 0.3) is 16.2 Å². The van der Waals surface area contributed by atoms with Crippen LogP contribution in [0, 0.1) is 0 Å². The average molecular weight is 349 g/mol.